The molecule has 0 saturated heterocycles. The highest BCUT2D eigenvalue weighted by Crippen LogP contribution is 2.23. The predicted molar refractivity (Wildman–Crippen MR) is 110 cm³/mol. The first-order valence-electron chi connectivity index (χ1n) is 8.95. The Bertz CT molecular complexity index is 841. The molecule has 0 aliphatic heterocycles. The van der Waals surface area contributed by atoms with Crippen LogP contribution in [0, 0.1) is 5.82 Å². The lowest BCUT2D eigenvalue weighted by molar-refractivity contribution is -0.140. The molecule has 0 spiro atoms. The first kappa shape index (κ1) is 22.2. The number of halogens is 3. The zero-order valence-electron chi connectivity index (χ0n) is 16.0. The maximum absolute atomic E-state index is 13.1. The monoisotopic (exact) mass is 424 g/mol. The summed E-state index contributed by atoms with van der Waals surface area (Å²) in [6.45, 7) is 5.53. The molecular weight excluding hydrogens is 402 g/mol. The Morgan fingerprint density at radius 3 is 2.29 bits per heavy atom. The van der Waals surface area contributed by atoms with Crippen LogP contribution in [0.5, 0.6) is 0 Å². The SMILES string of the molecule is CC(C)NC(=O)[C@H](C)N(Cc1ccc(Cl)cc1Cl)C(=O)Cc1ccc(F)cc1. The van der Waals surface area contributed by atoms with Crippen LogP contribution in [0.1, 0.15) is 31.9 Å². The molecule has 1 N–H and O–H groups in total. The van der Waals surface area contributed by atoms with Crippen LogP contribution >= 0.6 is 23.2 Å². The molecule has 2 rings (SSSR count). The molecule has 2 aromatic rings. The summed E-state index contributed by atoms with van der Waals surface area (Å²) in [7, 11) is 0. The summed E-state index contributed by atoms with van der Waals surface area (Å²) in [5, 5.41) is 3.73. The van der Waals surface area contributed by atoms with Crippen molar-refractivity contribution in [1.82, 2.24) is 10.2 Å². The number of nitrogens with zero attached hydrogens (tertiary/aromatic N) is 1. The highest BCUT2D eigenvalue weighted by Gasteiger charge is 2.27. The Morgan fingerprint density at radius 2 is 1.71 bits per heavy atom. The first-order chi connectivity index (χ1) is 13.2. The quantitative estimate of drug-likeness (QED) is 0.704. The fraction of sp³-hybridized carbons (Fsp3) is 0.333. The molecule has 0 aliphatic carbocycles. The molecular formula is C21H23Cl2FN2O2. The Labute approximate surface area is 174 Å². The summed E-state index contributed by atoms with van der Waals surface area (Å²) in [4.78, 5) is 27.0. The van der Waals surface area contributed by atoms with Gasteiger partial charge in [0, 0.05) is 22.6 Å². The van der Waals surface area contributed by atoms with Gasteiger partial charge in [-0.05, 0) is 56.2 Å². The third-order valence-electron chi connectivity index (χ3n) is 4.22. The van der Waals surface area contributed by atoms with E-state index in [2.05, 4.69) is 5.32 Å². The molecule has 0 heterocycles. The van der Waals surface area contributed by atoms with Gasteiger partial charge < -0.3 is 10.2 Å². The molecule has 0 radical (unpaired) electrons. The smallest absolute Gasteiger partial charge is 0.242 e. The third kappa shape index (κ3) is 6.21. The van der Waals surface area contributed by atoms with E-state index >= 15 is 0 Å². The third-order valence-corrected chi connectivity index (χ3v) is 4.81. The van der Waals surface area contributed by atoms with Crippen molar-refractivity contribution in [3.63, 3.8) is 0 Å². The standard InChI is InChI=1S/C21H23Cl2FN2O2/c1-13(2)25-21(28)14(3)26(12-16-6-7-17(22)11-19(16)23)20(27)10-15-4-8-18(24)9-5-15/h4-9,11,13-14H,10,12H2,1-3H3,(H,25,28)/t14-/m0/s1. The topological polar surface area (TPSA) is 49.4 Å². The van der Waals surface area contributed by atoms with Crippen LogP contribution in [0.4, 0.5) is 4.39 Å². The van der Waals surface area contributed by atoms with E-state index in [-0.39, 0.29) is 36.6 Å². The van der Waals surface area contributed by atoms with Gasteiger partial charge in [0.1, 0.15) is 11.9 Å². The lowest BCUT2D eigenvalue weighted by Gasteiger charge is -2.30. The second-order valence-corrected chi connectivity index (χ2v) is 7.74. The van der Waals surface area contributed by atoms with E-state index < -0.39 is 6.04 Å². The van der Waals surface area contributed by atoms with Crippen molar-refractivity contribution in [2.45, 2.75) is 45.8 Å². The molecule has 28 heavy (non-hydrogen) atoms. The molecule has 0 aliphatic rings. The van der Waals surface area contributed by atoms with Crippen LogP contribution in [0.25, 0.3) is 0 Å². The fourth-order valence-corrected chi connectivity index (χ4v) is 3.17. The van der Waals surface area contributed by atoms with Gasteiger partial charge in [-0.15, -0.1) is 0 Å². The van der Waals surface area contributed by atoms with E-state index in [9.17, 15) is 14.0 Å². The molecule has 0 unspecified atom stereocenters. The molecule has 7 heteroatoms. The summed E-state index contributed by atoms with van der Waals surface area (Å²) >= 11 is 12.2. The lowest BCUT2D eigenvalue weighted by atomic mass is 10.1. The number of carbonyl (C=O) groups is 2. The Kier molecular flexibility index (Phi) is 7.84. The maximum atomic E-state index is 13.1. The minimum absolute atomic E-state index is 0.0464. The van der Waals surface area contributed by atoms with Crippen molar-refractivity contribution in [3.8, 4) is 0 Å². The molecule has 0 aromatic heterocycles. The van der Waals surface area contributed by atoms with Gasteiger partial charge >= 0.3 is 0 Å². The van der Waals surface area contributed by atoms with E-state index in [1.54, 1.807) is 37.3 Å². The fourth-order valence-electron chi connectivity index (χ4n) is 2.70. The van der Waals surface area contributed by atoms with Crippen molar-refractivity contribution in [3.05, 3.63) is 69.5 Å². The number of rotatable bonds is 7. The molecule has 0 fully saturated rings. The van der Waals surface area contributed by atoms with Gasteiger partial charge in [-0.2, -0.15) is 0 Å². The molecule has 150 valence electrons. The normalized spacial score (nSPS) is 12.0. The van der Waals surface area contributed by atoms with E-state index in [0.717, 1.165) is 0 Å². The Balaban J connectivity index is 2.27. The van der Waals surface area contributed by atoms with E-state index in [4.69, 9.17) is 23.2 Å². The number of amides is 2. The minimum Gasteiger partial charge on any atom is -0.352 e. The number of hydrogen-bond acceptors (Lipinski definition) is 2. The van der Waals surface area contributed by atoms with Crippen molar-refractivity contribution in [1.29, 1.82) is 0 Å². The van der Waals surface area contributed by atoms with Gasteiger partial charge in [0.25, 0.3) is 0 Å². The highest BCUT2D eigenvalue weighted by molar-refractivity contribution is 6.35. The number of nitrogens with one attached hydrogen (secondary N) is 1. The zero-order chi connectivity index (χ0) is 20.8. The predicted octanol–water partition coefficient (Wildman–Crippen LogP) is 4.62. The van der Waals surface area contributed by atoms with E-state index in [0.29, 0.717) is 21.2 Å². The maximum Gasteiger partial charge on any atom is 0.242 e. The first-order valence-corrected chi connectivity index (χ1v) is 9.71. The van der Waals surface area contributed by atoms with Crippen LogP contribution < -0.4 is 5.32 Å². The summed E-state index contributed by atoms with van der Waals surface area (Å²) in [5.41, 5.74) is 1.35. The molecule has 2 amide bonds. The molecule has 0 bridgehead atoms. The average Bonchev–Trinajstić information content (AvgIpc) is 2.61. The van der Waals surface area contributed by atoms with Gasteiger partial charge in [-0.1, -0.05) is 41.4 Å². The van der Waals surface area contributed by atoms with E-state index in [1.165, 1.54) is 17.0 Å². The van der Waals surface area contributed by atoms with Crippen molar-refractivity contribution in [2.24, 2.45) is 0 Å². The van der Waals surface area contributed by atoms with Crippen molar-refractivity contribution in [2.75, 3.05) is 0 Å². The number of hydrogen-bond donors (Lipinski definition) is 1. The van der Waals surface area contributed by atoms with Crippen molar-refractivity contribution >= 4 is 35.0 Å². The van der Waals surface area contributed by atoms with Gasteiger partial charge in [-0.3, -0.25) is 9.59 Å². The molecule has 0 saturated carbocycles. The van der Waals surface area contributed by atoms with Gasteiger partial charge in [0.15, 0.2) is 0 Å². The summed E-state index contributed by atoms with van der Waals surface area (Å²) in [5.74, 6) is -0.887. The van der Waals surface area contributed by atoms with Gasteiger partial charge in [0.2, 0.25) is 11.8 Å². The minimum atomic E-state index is -0.706. The molecule has 2 aromatic carbocycles. The van der Waals surface area contributed by atoms with Gasteiger partial charge in [0.05, 0.1) is 6.42 Å². The molecule has 1 atom stereocenters. The Morgan fingerprint density at radius 1 is 1.07 bits per heavy atom. The summed E-state index contributed by atoms with van der Waals surface area (Å²) < 4.78 is 13.1. The molecule has 4 nitrogen and oxygen atoms in total. The van der Waals surface area contributed by atoms with Crippen LogP contribution in [-0.2, 0) is 22.6 Å². The summed E-state index contributed by atoms with van der Waals surface area (Å²) in [6.07, 6.45) is 0.0464. The van der Waals surface area contributed by atoms with E-state index in [1.807, 2.05) is 13.8 Å². The van der Waals surface area contributed by atoms with Crippen LogP contribution in [-0.4, -0.2) is 28.8 Å². The number of benzene rings is 2. The van der Waals surface area contributed by atoms with Crippen LogP contribution in [0.3, 0.4) is 0 Å². The summed E-state index contributed by atoms with van der Waals surface area (Å²) in [6, 6.07) is 9.97. The Hall–Kier alpha value is -2.11. The van der Waals surface area contributed by atoms with Crippen molar-refractivity contribution < 1.29 is 14.0 Å². The largest absolute Gasteiger partial charge is 0.352 e. The zero-order valence-corrected chi connectivity index (χ0v) is 17.5. The lowest BCUT2D eigenvalue weighted by Crippen LogP contribution is -2.49. The van der Waals surface area contributed by atoms with Gasteiger partial charge in [-0.25, -0.2) is 4.39 Å². The average molecular weight is 425 g/mol. The van der Waals surface area contributed by atoms with Crippen LogP contribution in [0.15, 0.2) is 42.5 Å². The second kappa shape index (κ2) is 9.89. The van der Waals surface area contributed by atoms with Crippen LogP contribution in [0.2, 0.25) is 10.0 Å². The highest BCUT2D eigenvalue weighted by atomic mass is 35.5. The second-order valence-electron chi connectivity index (χ2n) is 6.90. The number of carbonyl (C=O) groups excluding carboxylic acids is 2.